The molecule has 1 aliphatic heterocycles. The number of hydrogen-bond donors (Lipinski definition) is 3. The normalized spacial score (nSPS) is 23.9. The fourth-order valence-corrected chi connectivity index (χ4v) is 2.25. The molecule has 3 rings (SSSR count). The first kappa shape index (κ1) is 11.0. The van der Waals surface area contributed by atoms with Crippen molar-refractivity contribution < 1.29 is 4.79 Å². The number of aromatic nitrogens is 3. The van der Waals surface area contributed by atoms with Gasteiger partial charge >= 0.3 is 0 Å². The van der Waals surface area contributed by atoms with Crippen LogP contribution in [0.15, 0.2) is 18.6 Å². The van der Waals surface area contributed by atoms with Crippen molar-refractivity contribution in [3.63, 3.8) is 0 Å². The van der Waals surface area contributed by atoms with Gasteiger partial charge in [0.25, 0.3) is 0 Å². The Morgan fingerprint density at radius 1 is 1.39 bits per heavy atom. The van der Waals surface area contributed by atoms with Crippen molar-refractivity contribution in [1.82, 2.24) is 20.3 Å². The van der Waals surface area contributed by atoms with Gasteiger partial charge in [-0.2, -0.15) is 0 Å². The van der Waals surface area contributed by atoms with E-state index in [1.165, 1.54) is 6.33 Å². The zero-order valence-corrected chi connectivity index (χ0v) is 10.1. The summed E-state index contributed by atoms with van der Waals surface area (Å²) >= 11 is 0. The molecular weight excluding hydrogens is 230 g/mol. The number of carbonyl (C=O) groups excluding carboxylic acids is 1. The Morgan fingerprint density at radius 2 is 2.28 bits per heavy atom. The number of fused-ring (bicyclic) bond motifs is 1. The minimum atomic E-state index is -0.214. The van der Waals surface area contributed by atoms with Crippen LogP contribution < -0.4 is 10.6 Å². The summed E-state index contributed by atoms with van der Waals surface area (Å²) in [6.07, 6.45) is 5.10. The maximum atomic E-state index is 11.9. The lowest BCUT2D eigenvalue weighted by Gasteiger charge is -2.27. The van der Waals surface area contributed by atoms with Gasteiger partial charge in [-0.05, 0) is 25.8 Å². The number of amides is 1. The zero-order valence-electron chi connectivity index (χ0n) is 10.1. The number of rotatable bonds is 2. The molecule has 0 aromatic carbocycles. The lowest BCUT2D eigenvalue weighted by atomic mass is 10.0. The molecule has 2 aromatic heterocycles. The van der Waals surface area contributed by atoms with Gasteiger partial charge < -0.3 is 15.6 Å². The van der Waals surface area contributed by atoms with Crippen molar-refractivity contribution in [2.75, 3.05) is 5.32 Å². The maximum Gasteiger partial charge on any atom is 0.242 e. The Hall–Kier alpha value is -2.11. The molecule has 0 radical (unpaired) electrons. The standard InChI is InChI=1S/C12H15N5O/c1-7-2-3-9(12(18)16-7)17-11-8-4-5-13-10(8)14-6-15-11/h4-7,9H,2-3H2,1H3,(H,16,18)(H2,13,14,15,17)/t7?,9-/m1/s1. The smallest absolute Gasteiger partial charge is 0.242 e. The van der Waals surface area contributed by atoms with Gasteiger partial charge in [0.1, 0.15) is 23.8 Å². The minimum Gasteiger partial charge on any atom is -0.358 e. The average molecular weight is 245 g/mol. The lowest BCUT2D eigenvalue weighted by molar-refractivity contribution is -0.123. The van der Waals surface area contributed by atoms with Gasteiger partial charge in [-0.15, -0.1) is 0 Å². The summed E-state index contributed by atoms with van der Waals surface area (Å²) in [6.45, 7) is 2.02. The number of carbonyl (C=O) groups is 1. The molecular formula is C12H15N5O. The average Bonchev–Trinajstić information content (AvgIpc) is 2.82. The van der Waals surface area contributed by atoms with Crippen LogP contribution in [0.5, 0.6) is 0 Å². The van der Waals surface area contributed by atoms with Gasteiger partial charge in [0, 0.05) is 12.2 Å². The van der Waals surface area contributed by atoms with Crippen molar-refractivity contribution in [3.8, 4) is 0 Å². The molecule has 0 aliphatic carbocycles. The van der Waals surface area contributed by atoms with E-state index in [1.54, 1.807) is 0 Å². The Balaban J connectivity index is 1.84. The molecule has 0 spiro atoms. The van der Waals surface area contributed by atoms with Gasteiger partial charge in [0.15, 0.2) is 0 Å². The second-order valence-corrected chi connectivity index (χ2v) is 4.65. The molecule has 1 saturated heterocycles. The Morgan fingerprint density at radius 3 is 3.11 bits per heavy atom. The summed E-state index contributed by atoms with van der Waals surface area (Å²) in [5.41, 5.74) is 0.775. The molecule has 6 nitrogen and oxygen atoms in total. The van der Waals surface area contributed by atoms with E-state index in [0.717, 1.165) is 23.9 Å². The molecule has 18 heavy (non-hydrogen) atoms. The summed E-state index contributed by atoms with van der Waals surface area (Å²) in [4.78, 5) is 23.2. The molecule has 0 bridgehead atoms. The highest BCUT2D eigenvalue weighted by Crippen LogP contribution is 2.20. The van der Waals surface area contributed by atoms with E-state index in [1.807, 2.05) is 19.2 Å². The summed E-state index contributed by atoms with van der Waals surface area (Å²) < 4.78 is 0. The molecule has 3 heterocycles. The van der Waals surface area contributed by atoms with Crippen molar-refractivity contribution in [2.24, 2.45) is 0 Å². The van der Waals surface area contributed by atoms with Crippen molar-refractivity contribution in [3.05, 3.63) is 18.6 Å². The number of H-pyrrole nitrogens is 1. The van der Waals surface area contributed by atoms with Gasteiger partial charge in [-0.1, -0.05) is 0 Å². The molecule has 1 fully saturated rings. The van der Waals surface area contributed by atoms with E-state index < -0.39 is 0 Å². The fraction of sp³-hybridized carbons (Fsp3) is 0.417. The largest absolute Gasteiger partial charge is 0.358 e. The third-order valence-electron chi connectivity index (χ3n) is 3.26. The zero-order chi connectivity index (χ0) is 12.5. The highest BCUT2D eigenvalue weighted by molar-refractivity contribution is 5.91. The number of anilines is 1. The number of hydrogen-bond acceptors (Lipinski definition) is 4. The maximum absolute atomic E-state index is 11.9. The van der Waals surface area contributed by atoms with Crippen LogP contribution in [-0.4, -0.2) is 32.9 Å². The Kier molecular flexibility index (Phi) is 2.62. The van der Waals surface area contributed by atoms with Crippen LogP contribution in [0.25, 0.3) is 11.0 Å². The number of aromatic amines is 1. The van der Waals surface area contributed by atoms with Crippen LogP contribution in [0, 0.1) is 0 Å². The molecule has 2 aromatic rings. The second kappa shape index (κ2) is 4.29. The molecule has 2 atom stereocenters. The van der Waals surface area contributed by atoms with Gasteiger partial charge in [-0.3, -0.25) is 4.79 Å². The molecule has 6 heteroatoms. The summed E-state index contributed by atoms with van der Waals surface area (Å²) in [5.74, 6) is 0.743. The predicted octanol–water partition coefficient (Wildman–Crippen LogP) is 1.04. The SMILES string of the molecule is CC1CC[C@@H](Nc2ncnc3[nH]ccc23)C(=O)N1. The van der Waals surface area contributed by atoms with Gasteiger partial charge in [0.05, 0.1) is 5.39 Å². The summed E-state index contributed by atoms with van der Waals surface area (Å²) in [6, 6.07) is 1.95. The van der Waals surface area contributed by atoms with Crippen LogP contribution in [0.3, 0.4) is 0 Å². The van der Waals surface area contributed by atoms with E-state index in [9.17, 15) is 4.79 Å². The Bertz CT molecular complexity index is 579. The minimum absolute atomic E-state index is 0.0380. The number of nitrogens with zero attached hydrogens (tertiary/aromatic N) is 2. The number of nitrogens with one attached hydrogen (secondary N) is 3. The lowest BCUT2D eigenvalue weighted by Crippen LogP contribution is -2.48. The molecule has 1 amide bonds. The quantitative estimate of drug-likeness (QED) is 0.738. The van der Waals surface area contributed by atoms with Crippen LogP contribution in [0.1, 0.15) is 19.8 Å². The van der Waals surface area contributed by atoms with E-state index in [-0.39, 0.29) is 18.0 Å². The molecule has 0 saturated carbocycles. The third kappa shape index (κ3) is 1.90. The van der Waals surface area contributed by atoms with E-state index in [4.69, 9.17) is 0 Å². The third-order valence-corrected chi connectivity index (χ3v) is 3.26. The van der Waals surface area contributed by atoms with Crippen LogP contribution in [0.4, 0.5) is 5.82 Å². The van der Waals surface area contributed by atoms with Crippen LogP contribution >= 0.6 is 0 Å². The number of piperidine rings is 1. The molecule has 3 N–H and O–H groups in total. The monoisotopic (exact) mass is 245 g/mol. The van der Waals surface area contributed by atoms with Crippen molar-refractivity contribution in [2.45, 2.75) is 31.8 Å². The first-order valence-corrected chi connectivity index (χ1v) is 6.09. The topological polar surface area (TPSA) is 82.7 Å². The first-order chi connectivity index (χ1) is 8.74. The Labute approximate surface area is 104 Å². The highest BCUT2D eigenvalue weighted by Gasteiger charge is 2.26. The molecule has 1 unspecified atom stereocenters. The van der Waals surface area contributed by atoms with Crippen molar-refractivity contribution >= 4 is 22.8 Å². The highest BCUT2D eigenvalue weighted by atomic mass is 16.2. The second-order valence-electron chi connectivity index (χ2n) is 4.65. The molecule has 1 aliphatic rings. The van der Waals surface area contributed by atoms with Gasteiger partial charge in [-0.25, -0.2) is 9.97 Å². The first-order valence-electron chi connectivity index (χ1n) is 6.09. The van der Waals surface area contributed by atoms with E-state index in [2.05, 4.69) is 25.6 Å². The van der Waals surface area contributed by atoms with Gasteiger partial charge in [0.2, 0.25) is 5.91 Å². The summed E-state index contributed by atoms with van der Waals surface area (Å²) in [7, 11) is 0. The summed E-state index contributed by atoms with van der Waals surface area (Å²) in [5, 5.41) is 7.04. The van der Waals surface area contributed by atoms with E-state index >= 15 is 0 Å². The predicted molar refractivity (Wildman–Crippen MR) is 68.1 cm³/mol. The van der Waals surface area contributed by atoms with Crippen molar-refractivity contribution in [1.29, 1.82) is 0 Å². The fourth-order valence-electron chi connectivity index (χ4n) is 2.25. The molecule has 94 valence electrons. The van der Waals surface area contributed by atoms with E-state index in [0.29, 0.717) is 5.82 Å². The van der Waals surface area contributed by atoms with Crippen LogP contribution in [-0.2, 0) is 4.79 Å². The van der Waals surface area contributed by atoms with Crippen LogP contribution in [0.2, 0.25) is 0 Å².